The van der Waals surface area contributed by atoms with Gasteiger partial charge in [0.1, 0.15) is 6.33 Å². The van der Waals surface area contributed by atoms with Gasteiger partial charge in [0, 0.05) is 19.5 Å². The Morgan fingerprint density at radius 1 is 1.39 bits per heavy atom. The summed E-state index contributed by atoms with van der Waals surface area (Å²) in [5.74, 6) is 1.51. The van der Waals surface area contributed by atoms with Crippen molar-refractivity contribution in [2.24, 2.45) is 5.73 Å². The molecule has 0 fully saturated rings. The Balaban J connectivity index is 2.63. The minimum absolute atomic E-state index is 0.306. The van der Waals surface area contributed by atoms with Crippen molar-refractivity contribution in [2.45, 2.75) is 19.8 Å². The number of rotatable bonds is 8. The van der Waals surface area contributed by atoms with Crippen LogP contribution in [0.4, 0.5) is 11.6 Å². The van der Waals surface area contributed by atoms with Crippen LogP contribution in [0.2, 0.25) is 0 Å². The third-order valence-corrected chi connectivity index (χ3v) is 2.24. The van der Waals surface area contributed by atoms with Crippen molar-refractivity contribution in [3.8, 4) is 5.75 Å². The zero-order valence-electron chi connectivity index (χ0n) is 10.7. The predicted octanol–water partition coefficient (Wildman–Crippen LogP) is 0.594. The zero-order chi connectivity index (χ0) is 13.4. The smallest absolute Gasteiger partial charge is 0.217 e. The first kappa shape index (κ1) is 14.0. The molecular formula is C11H19N5O2. The summed E-state index contributed by atoms with van der Waals surface area (Å²) in [6, 6.07) is 0. The zero-order valence-corrected chi connectivity index (χ0v) is 10.7. The Morgan fingerprint density at radius 3 is 2.61 bits per heavy atom. The van der Waals surface area contributed by atoms with Gasteiger partial charge < -0.3 is 21.1 Å². The Labute approximate surface area is 106 Å². The number of amides is 1. The molecule has 7 nitrogen and oxygen atoms in total. The van der Waals surface area contributed by atoms with Crippen molar-refractivity contribution in [1.29, 1.82) is 0 Å². The lowest BCUT2D eigenvalue weighted by atomic mass is 10.3. The molecule has 4 N–H and O–H groups in total. The third-order valence-electron chi connectivity index (χ3n) is 2.24. The summed E-state index contributed by atoms with van der Waals surface area (Å²) in [7, 11) is 1.56. The molecule has 0 spiro atoms. The van der Waals surface area contributed by atoms with Gasteiger partial charge >= 0.3 is 0 Å². The quantitative estimate of drug-likeness (QED) is 0.586. The summed E-state index contributed by atoms with van der Waals surface area (Å²) >= 11 is 0. The molecule has 1 rings (SSSR count). The third kappa shape index (κ3) is 4.08. The van der Waals surface area contributed by atoms with Crippen LogP contribution in [0.5, 0.6) is 5.75 Å². The number of hydrogen-bond acceptors (Lipinski definition) is 6. The number of anilines is 2. The Morgan fingerprint density at radius 2 is 2.06 bits per heavy atom. The first-order valence-corrected chi connectivity index (χ1v) is 5.84. The lowest BCUT2D eigenvalue weighted by Gasteiger charge is -2.13. The molecule has 0 saturated carbocycles. The molecule has 0 aromatic carbocycles. The van der Waals surface area contributed by atoms with Crippen molar-refractivity contribution >= 4 is 17.5 Å². The molecule has 0 saturated heterocycles. The maximum absolute atomic E-state index is 10.6. The molecular weight excluding hydrogens is 234 g/mol. The molecule has 0 atom stereocenters. The van der Waals surface area contributed by atoms with Crippen molar-refractivity contribution in [2.75, 3.05) is 30.8 Å². The molecule has 0 bridgehead atoms. The second-order valence-corrected chi connectivity index (χ2v) is 3.63. The first-order valence-electron chi connectivity index (χ1n) is 5.84. The summed E-state index contributed by atoms with van der Waals surface area (Å²) in [5, 5.41) is 6.18. The number of ether oxygens (including phenoxy) is 1. The van der Waals surface area contributed by atoms with Crippen LogP contribution in [0.25, 0.3) is 0 Å². The van der Waals surface area contributed by atoms with E-state index in [1.54, 1.807) is 7.11 Å². The van der Waals surface area contributed by atoms with Crippen molar-refractivity contribution in [3.63, 3.8) is 0 Å². The van der Waals surface area contributed by atoms with E-state index in [1.807, 2.05) is 6.92 Å². The maximum Gasteiger partial charge on any atom is 0.217 e. The van der Waals surface area contributed by atoms with Gasteiger partial charge in [0.15, 0.2) is 11.6 Å². The summed E-state index contributed by atoms with van der Waals surface area (Å²) in [4.78, 5) is 18.8. The van der Waals surface area contributed by atoms with E-state index in [0.717, 1.165) is 6.54 Å². The molecule has 0 radical (unpaired) electrons. The summed E-state index contributed by atoms with van der Waals surface area (Å²) in [6.45, 7) is 3.32. The van der Waals surface area contributed by atoms with Gasteiger partial charge in [0.2, 0.25) is 11.7 Å². The topological polar surface area (TPSA) is 102 Å². The van der Waals surface area contributed by atoms with Gasteiger partial charge in [-0.05, 0) is 13.3 Å². The predicted molar refractivity (Wildman–Crippen MR) is 69.7 cm³/mol. The second-order valence-electron chi connectivity index (χ2n) is 3.63. The molecule has 1 heterocycles. The van der Waals surface area contributed by atoms with Crippen LogP contribution in [0.15, 0.2) is 6.33 Å². The molecule has 0 aliphatic carbocycles. The van der Waals surface area contributed by atoms with Crippen molar-refractivity contribution < 1.29 is 9.53 Å². The molecule has 100 valence electrons. The Kier molecular flexibility index (Phi) is 5.69. The molecule has 7 heteroatoms. The highest BCUT2D eigenvalue weighted by atomic mass is 16.5. The van der Waals surface area contributed by atoms with Gasteiger partial charge in [0.25, 0.3) is 0 Å². The number of methoxy groups -OCH3 is 1. The van der Waals surface area contributed by atoms with Crippen LogP contribution in [-0.2, 0) is 4.79 Å². The van der Waals surface area contributed by atoms with Gasteiger partial charge in [-0.25, -0.2) is 9.97 Å². The minimum atomic E-state index is -0.306. The van der Waals surface area contributed by atoms with E-state index in [2.05, 4.69) is 20.6 Å². The van der Waals surface area contributed by atoms with Crippen LogP contribution in [0, 0.1) is 0 Å². The minimum Gasteiger partial charge on any atom is -0.490 e. The number of carbonyl (C=O) groups excluding carboxylic acids is 1. The number of nitrogens with zero attached hydrogens (tertiary/aromatic N) is 2. The molecule has 0 aliphatic rings. The number of hydrogen-bond donors (Lipinski definition) is 3. The molecule has 18 heavy (non-hydrogen) atoms. The van der Waals surface area contributed by atoms with Crippen LogP contribution >= 0.6 is 0 Å². The van der Waals surface area contributed by atoms with Crippen LogP contribution in [0.1, 0.15) is 19.8 Å². The summed E-state index contributed by atoms with van der Waals surface area (Å²) < 4.78 is 5.27. The van der Waals surface area contributed by atoms with Gasteiger partial charge in [0.05, 0.1) is 7.11 Å². The monoisotopic (exact) mass is 253 g/mol. The Hall–Kier alpha value is -2.05. The number of aromatic nitrogens is 2. The molecule has 0 unspecified atom stereocenters. The van der Waals surface area contributed by atoms with Crippen LogP contribution < -0.4 is 21.1 Å². The van der Waals surface area contributed by atoms with Crippen molar-refractivity contribution in [3.05, 3.63) is 6.33 Å². The highest BCUT2D eigenvalue weighted by molar-refractivity contribution is 5.73. The summed E-state index contributed by atoms with van der Waals surface area (Å²) in [6.07, 6.45) is 2.45. The van der Waals surface area contributed by atoms with E-state index >= 15 is 0 Å². The van der Waals surface area contributed by atoms with Crippen LogP contribution in [0.3, 0.4) is 0 Å². The fourth-order valence-corrected chi connectivity index (χ4v) is 1.46. The lowest BCUT2D eigenvalue weighted by molar-refractivity contribution is -0.118. The SMILES string of the molecule is CCNc1ncnc(NCCCC(N)=O)c1OC. The van der Waals surface area contributed by atoms with E-state index in [9.17, 15) is 4.79 Å². The van der Waals surface area contributed by atoms with Gasteiger partial charge in [-0.1, -0.05) is 0 Å². The van der Waals surface area contributed by atoms with E-state index in [0.29, 0.717) is 36.8 Å². The fraction of sp³-hybridized carbons (Fsp3) is 0.545. The van der Waals surface area contributed by atoms with E-state index in [-0.39, 0.29) is 5.91 Å². The van der Waals surface area contributed by atoms with E-state index in [4.69, 9.17) is 10.5 Å². The average Bonchev–Trinajstić information content (AvgIpc) is 2.35. The highest BCUT2D eigenvalue weighted by Crippen LogP contribution is 2.28. The second kappa shape index (κ2) is 7.31. The van der Waals surface area contributed by atoms with Crippen LogP contribution in [-0.4, -0.2) is 36.1 Å². The fourth-order valence-electron chi connectivity index (χ4n) is 1.46. The number of primary amides is 1. The van der Waals surface area contributed by atoms with Gasteiger partial charge in [-0.3, -0.25) is 4.79 Å². The van der Waals surface area contributed by atoms with E-state index < -0.39 is 0 Å². The Bertz CT molecular complexity index is 397. The normalized spacial score (nSPS) is 9.89. The average molecular weight is 253 g/mol. The standard InChI is InChI=1S/C11H19N5O2/c1-3-13-10-9(18-2)11(16-7-15-10)14-6-4-5-8(12)17/h7H,3-6H2,1-2H3,(H2,12,17)(H2,13,14,15,16). The number of nitrogens with two attached hydrogens (primary N) is 1. The molecule has 0 aliphatic heterocycles. The summed E-state index contributed by atoms with van der Waals surface area (Å²) in [5.41, 5.74) is 5.06. The van der Waals surface area contributed by atoms with E-state index in [1.165, 1.54) is 6.33 Å². The first-order chi connectivity index (χ1) is 8.69. The molecule has 1 aromatic heterocycles. The largest absolute Gasteiger partial charge is 0.490 e. The lowest BCUT2D eigenvalue weighted by Crippen LogP contribution is -2.13. The van der Waals surface area contributed by atoms with Crippen molar-refractivity contribution in [1.82, 2.24) is 9.97 Å². The molecule has 1 amide bonds. The van der Waals surface area contributed by atoms with Gasteiger partial charge in [-0.15, -0.1) is 0 Å². The maximum atomic E-state index is 10.6. The number of nitrogens with one attached hydrogen (secondary N) is 2. The van der Waals surface area contributed by atoms with Gasteiger partial charge in [-0.2, -0.15) is 0 Å². The highest BCUT2D eigenvalue weighted by Gasteiger charge is 2.10. The number of carbonyl (C=O) groups is 1. The molecule has 1 aromatic rings.